The van der Waals surface area contributed by atoms with Crippen LogP contribution >= 0.6 is 0 Å². The molecule has 2 N–H and O–H groups in total. The molecule has 27 heavy (non-hydrogen) atoms. The zero-order valence-corrected chi connectivity index (χ0v) is 17.1. The molecule has 144 valence electrons. The maximum atomic E-state index is 10.3. The molecule has 0 spiro atoms. The van der Waals surface area contributed by atoms with E-state index in [-0.39, 0.29) is 11.6 Å². The first kappa shape index (κ1) is 19.8. The Morgan fingerprint density at radius 1 is 0.926 bits per heavy atom. The van der Waals surface area contributed by atoms with E-state index in [2.05, 4.69) is 45.0 Å². The van der Waals surface area contributed by atoms with Crippen LogP contribution in [0.25, 0.3) is 0 Å². The van der Waals surface area contributed by atoms with E-state index < -0.39 is 26.6 Å². The highest BCUT2D eigenvalue weighted by atomic mass is 28.4. The predicted molar refractivity (Wildman–Crippen MR) is 110 cm³/mol. The molecule has 0 amide bonds. The molecule has 1 aliphatic heterocycles. The van der Waals surface area contributed by atoms with Gasteiger partial charge in [0.25, 0.3) is 8.32 Å². The van der Waals surface area contributed by atoms with Gasteiger partial charge in [-0.3, -0.25) is 0 Å². The Balaban J connectivity index is 2.03. The van der Waals surface area contributed by atoms with Gasteiger partial charge >= 0.3 is 0 Å². The Bertz CT molecular complexity index is 715. The van der Waals surface area contributed by atoms with E-state index in [4.69, 9.17) is 9.16 Å². The molecular weight excluding hydrogens is 356 g/mol. The summed E-state index contributed by atoms with van der Waals surface area (Å²) in [6.45, 7) is 6.81. The Morgan fingerprint density at radius 2 is 1.44 bits per heavy atom. The number of ether oxygens (including phenoxy) is 1. The quantitative estimate of drug-likeness (QED) is 0.776. The monoisotopic (exact) mass is 384 g/mol. The summed E-state index contributed by atoms with van der Waals surface area (Å²) in [7, 11) is -2.68. The van der Waals surface area contributed by atoms with Gasteiger partial charge in [-0.1, -0.05) is 81.4 Å². The second-order valence-corrected chi connectivity index (χ2v) is 12.3. The zero-order valence-electron chi connectivity index (χ0n) is 16.1. The number of aliphatic hydroxyl groups is 2. The first-order chi connectivity index (χ1) is 12.9. The van der Waals surface area contributed by atoms with E-state index in [1.54, 1.807) is 0 Å². The normalized spacial score (nSPS) is 23.1. The summed E-state index contributed by atoms with van der Waals surface area (Å²) < 4.78 is 12.3. The van der Waals surface area contributed by atoms with Crippen LogP contribution in [-0.2, 0) is 9.16 Å². The number of hydrogen-bond acceptors (Lipinski definition) is 4. The van der Waals surface area contributed by atoms with Crippen molar-refractivity contribution >= 4 is 18.7 Å². The summed E-state index contributed by atoms with van der Waals surface area (Å²) in [5.41, 5.74) is 0. The Labute approximate surface area is 162 Å². The predicted octanol–water partition coefficient (Wildman–Crippen LogP) is 2.20. The summed E-state index contributed by atoms with van der Waals surface area (Å²) >= 11 is 0. The summed E-state index contributed by atoms with van der Waals surface area (Å²) in [6, 6.07) is 20.6. The van der Waals surface area contributed by atoms with Gasteiger partial charge in [0.05, 0.1) is 12.9 Å². The van der Waals surface area contributed by atoms with Crippen LogP contribution in [-0.4, -0.2) is 43.4 Å². The smallest absolute Gasteiger partial charge is 0.261 e. The van der Waals surface area contributed by atoms with Crippen molar-refractivity contribution in [1.82, 2.24) is 0 Å². The molecule has 0 aromatic heterocycles. The van der Waals surface area contributed by atoms with E-state index in [9.17, 15) is 10.2 Å². The van der Waals surface area contributed by atoms with Crippen LogP contribution in [0.3, 0.4) is 0 Å². The van der Waals surface area contributed by atoms with Crippen LogP contribution in [0.15, 0.2) is 73.0 Å². The van der Waals surface area contributed by atoms with Crippen LogP contribution in [0.2, 0.25) is 5.04 Å². The molecule has 0 fully saturated rings. The molecule has 0 saturated carbocycles. The number of rotatable bonds is 5. The Kier molecular flexibility index (Phi) is 5.86. The van der Waals surface area contributed by atoms with Gasteiger partial charge in [-0.2, -0.15) is 0 Å². The van der Waals surface area contributed by atoms with Gasteiger partial charge in [-0.05, 0) is 21.5 Å². The highest BCUT2D eigenvalue weighted by Gasteiger charge is 2.50. The highest BCUT2D eigenvalue weighted by Crippen LogP contribution is 2.37. The molecule has 1 heterocycles. The lowest BCUT2D eigenvalue weighted by Gasteiger charge is -2.44. The van der Waals surface area contributed by atoms with Crippen LogP contribution in [0.5, 0.6) is 0 Å². The van der Waals surface area contributed by atoms with E-state index >= 15 is 0 Å². The first-order valence-electron chi connectivity index (χ1n) is 9.29. The molecule has 0 radical (unpaired) electrons. The fourth-order valence-corrected chi connectivity index (χ4v) is 8.32. The van der Waals surface area contributed by atoms with Gasteiger partial charge in [0.2, 0.25) is 0 Å². The average molecular weight is 385 g/mol. The average Bonchev–Trinajstić information content (AvgIpc) is 2.66. The van der Waals surface area contributed by atoms with Crippen molar-refractivity contribution in [2.24, 2.45) is 0 Å². The second kappa shape index (κ2) is 7.98. The van der Waals surface area contributed by atoms with Crippen molar-refractivity contribution in [2.75, 3.05) is 6.61 Å². The van der Waals surface area contributed by atoms with Crippen LogP contribution in [0, 0.1) is 0 Å². The first-order valence-corrected chi connectivity index (χ1v) is 11.2. The van der Waals surface area contributed by atoms with Crippen LogP contribution in [0.4, 0.5) is 0 Å². The van der Waals surface area contributed by atoms with Gasteiger partial charge in [-0.15, -0.1) is 0 Å². The largest absolute Gasteiger partial charge is 0.493 e. The molecule has 0 aliphatic carbocycles. The van der Waals surface area contributed by atoms with Crippen molar-refractivity contribution in [3.8, 4) is 0 Å². The topological polar surface area (TPSA) is 58.9 Å². The van der Waals surface area contributed by atoms with Crippen molar-refractivity contribution in [3.63, 3.8) is 0 Å². The maximum absolute atomic E-state index is 10.3. The Hall–Kier alpha value is -1.92. The third-order valence-electron chi connectivity index (χ3n) is 5.14. The van der Waals surface area contributed by atoms with Crippen molar-refractivity contribution < 1.29 is 19.4 Å². The van der Waals surface area contributed by atoms with Gasteiger partial charge in [0.1, 0.15) is 18.3 Å². The molecule has 0 bridgehead atoms. The summed E-state index contributed by atoms with van der Waals surface area (Å²) in [4.78, 5) is 0. The molecular formula is C22H28O4Si. The SMILES string of the molecule is CC(C)(C)[Si](OC[C@@H]1OC=C[C@@H](O)[C@@H]1O)(c1ccccc1)c1ccccc1. The molecule has 2 aromatic rings. The summed E-state index contributed by atoms with van der Waals surface area (Å²) in [5, 5.41) is 22.4. The highest BCUT2D eigenvalue weighted by molar-refractivity contribution is 6.99. The lowest BCUT2D eigenvalue weighted by atomic mass is 10.1. The van der Waals surface area contributed by atoms with Gasteiger partial charge in [0, 0.05) is 0 Å². The summed E-state index contributed by atoms with van der Waals surface area (Å²) in [6.07, 6.45) is 0.340. The molecule has 4 nitrogen and oxygen atoms in total. The van der Waals surface area contributed by atoms with Crippen LogP contribution < -0.4 is 10.4 Å². The standard InChI is InChI=1S/C22H28O4Si/c1-22(2,3)27(17-10-6-4-7-11-17,18-12-8-5-9-13-18)26-16-20-21(24)19(23)14-15-25-20/h4-15,19-21,23-24H,16H2,1-3H3/t19-,20+,21+/m1/s1. The van der Waals surface area contributed by atoms with E-state index in [1.807, 2.05) is 36.4 Å². The molecule has 0 saturated heterocycles. The third kappa shape index (κ3) is 3.87. The van der Waals surface area contributed by atoms with Crippen molar-refractivity contribution in [2.45, 2.75) is 44.1 Å². The van der Waals surface area contributed by atoms with Crippen molar-refractivity contribution in [1.29, 1.82) is 0 Å². The minimum absolute atomic E-state index is 0.149. The van der Waals surface area contributed by atoms with Gasteiger partial charge in [-0.25, -0.2) is 0 Å². The number of benzene rings is 2. The zero-order chi connectivity index (χ0) is 19.5. The molecule has 3 atom stereocenters. The maximum Gasteiger partial charge on any atom is 0.261 e. The van der Waals surface area contributed by atoms with Crippen molar-refractivity contribution in [3.05, 3.63) is 73.0 Å². The lowest BCUT2D eigenvalue weighted by Crippen LogP contribution is -2.67. The van der Waals surface area contributed by atoms with Gasteiger partial charge in [0.15, 0.2) is 0 Å². The second-order valence-electron chi connectivity index (χ2n) is 7.96. The minimum Gasteiger partial charge on any atom is -0.493 e. The molecule has 5 heteroatoms. The van der Waals surface area contributed by atoms with Crippen LogP contribution in [0.1, 0.15) is 20.8 Å². The lowest BCUT2D eigenvalue weighted by molar-refractivity contribution is -0.0783. The van der Waals surface area contributed by atoms with E-state index in [0.717, 1.165) is 0 Å². The minimum atomic E-state index is -2.68. The molecule has 1 aliphatic rings. The number of aliphatic hydroxyl groups excluding tert-OH is 2. The fraction of sp³-hybridized carbons (Fsp3) is 0.364. The Morgan fingerprint density at radius 3 is 1.93 bits per heavy atom. The molecule has 2 aromatic carbocycles. The van der Waals surface area contributed by atoms with E-state index in [0.29, 0.717) is 0 Å². The third-order valence-corrected chi connectivity index (χ3v) is 10.1. The fourth-order valence-electron chi connectivity index (χ4n) is 3.75. The molecule has 0 unspecified atom stereocenters. The van der Waals surface area contributed by atoms with E-state index in [1.165, 1.54) is 22.7 Å². The summed E-state index contributed by atoms with van der Waals surface area (Å²) in [5.74, 6) is 0. The molecule has 3 rings (SSSR count). The number of hydrogen-bond donors (Lipinski definition) is 2. The van der Waals surface area contributed by atoms with Gasteiger partial charge < -0.3 is 19.4 Å².